The first-order valence-corrected chi connectivity index (χ1v) is 6.57. The van der Waals surface area contributed by atoms with Crippen LogP contribution in [0, 0.1) is 18.6 Å². The minimum absolute atomic E-state index is 0.202. The third-order valence-electron chi connectivity index (χ3n) is 3.28. The molecule has 0 aliphatic carbocycles. The Kier molecular flexibility index (Phi) is 4.21. The van der Waals surface area contributed by atoms with Crippen LogP contribution in [-0.4, -0.2) is 5.91 Å². The van der Waals surface area contributed by atoms with Crippen LogP contribution in [0.1, 0.15) is 28.4 Å². The number of nitrogen functional groups attached to an aromatic ring is 1. The molecule has 3 nitrogen and oxygen atoms in total. The fourth-order valence-corrected chi connectivity index (χ4v) is 2.02. The average molecular weight is 290 g/mol. The third-order valence-corrected chi connectivity index (χ3v) is 3.28. The highest BCUT2D eigenvalue weighted by Gasteiger charge is 2.15. The second kappa shape index (κ2) is 5.91. The van der Waals surface area contributed by atoms with E-state index < -0.39 is 17.5 Å². The molecule has 0 heterocycles. The van der Waals surface area contributed by atoms with Crippen LogP contribution in [0.25, 0.3) is 0 Å². The minimum Gasteiger partial charge on any atom is -0.398 e. The van der Waals surface area contributed by atoms with Gasteiger partial charge in [0.1, 0.15) is 11.6 Å². The molecule has 1 amide bonds. The first-order valence-electron chi connectivity index (χ1n) is 6.57. The Morgan fingerprint density at radius 3 is 2.52 bits per heavy atom. The summed E-state index contributed by atoms with van der Waals surface area (Å²) < 4.78 is 26.9. The summed E-state index contributed by atoms with van der Waals surface area (Å²) in [5.74, 6) is -2.21. The molecule has 0 radical (unpaired) electrons. The largest absolute Gasteiger partial charge is 0.398 e. The number of nitrogens with two attached hydrogens (primary N) is 1. The lowest BCUT2D eigenvalue weighted by molar-refractivity contribution is 0.102. The highest BCUT2D eigenvalue weighted by atomic mass is 19.1. The van der Waals surface area contributed by atoms with E-state index in [9.17, 15) is 13.6 Å². The Hall–Kier alpha value is -2.43. The van der Waals surface area contributed by atoms with Crippen LogP contribution in [0.4, 0.5) is 20.2 Å². The summed E-state index contributed by atoms with van der Waals surface area (Å²) in [4.78, 5) is 12.0. The lowest BCUT2D eigenvalue weighted by Gasteiger charge is -2.10. The summed E-state index contributed by atoms with van der Waals surface area (Å²) >= 11 is 0. The summed E-state index contributed by atoms with van der Waals surface area (Å²) in [5.41, 5.74) is 7.85. The lowest BCUT2D eigenvalue weighted by atomic mass is 10.1. The molecule has 2 rings (SSSR count). The van der Waals surface area contributed by atoms with E-state index in [1.54, 1.807) is 18.2 Å². The van der Waals surface area contributed by atoms with Crippen molar-refractivity contribution in [1.29, 1.82) is 0 Å². The lowest BCUT2D eigenvalue weighted by Crippen LogP contribution is -2.14. The van der Waals surface area contributed by atoms with Crippen molar-refractivity contribution in [2.24, 2.45) is 0 Å². The van der Waals surface area contributed by atoms with Crippen LogP contribution < -0.4 is 11.1 Å². The summed E-state index contributed by atoms with van der Waals surface area (Å²) in [5, 5.41) is 2.56. The van der Waals surface area contributed by atoms with Crippen molar-refractivity contribution in [3.8, 4) is 0 Å². The molecule has 21 heavy (non-hydrogen) atoms. The SMILES string of the molecule is CCc1ccc(NC(=O)c2cc(C)c(F)cc2F)cc1N. The summed E-state index contributed by atoms with van der Waals surface area (Å²) in [6, 6.07) is 7.01. The van der Waals surface area contributed by atoms with Crippen molar-refractivity contribution in [3.05, 3.63) is 58.7 Å². The van der Waals surface area contributed by atoms with E-state index in [0.717, 1.165) is 12.0 Å². The van der Waals surface area contributed by atoms with Gasteiger partial charge in [0.25, 0.3) is 5.91 Å². The molecule has 0 bridgehead atoms. The molecule has 0 saturated heterocycles. The quantitative estimate of drug-likeness (QED) is 0.847. The van der Waals surface area contributed by atoms with E-state index in [0.29, 0.717) is 17.4 Å². The summed E-state index contributed by atoms with van der Waals surface area (Å²) in [7, 11) is 0. The van der Waals surface area contributed by atoms with Crippen molar-refractivity contribution in [1.82, 2.24) is 0 Å². The maximum absolute atomic E-state index is 13.7. The average Bonchev–Trinajstić information content (AvgIpc) is 2.43. The summed E-state index contributed by atoms with van der Waals surface area (Å²) in [6.07, 6.45) is 0.784. The van der Waals surface area contributed by atoms with Crippen molar-refractivity contribution in [2.45, 2.75) is 20.3 Å². The van der Waals surface area contributed by atoms with E-state index >= 15 is 0 Å². The third kappa shape index (κ3) is 3.18. The van der Waals surface area contributed by atoms with Gasteiger partial charge in [0, 0.05) is 17.4 Å². The van der Waals surface area contributed by atoms with Gasteiger partial charge in [0.05, 0.1) is 5.56 Å². The van der Waals surface area contributed by atoms with Gasteiger partial charge in [-0.25, -0.2) is 8.78 Å². The van der Waals surface area contributed by atoms with Crippen molar-refractivity contribution in [2.75, 3.05) is 11.1 Å². The number of anilines is 2. The fraction of sp³-hybridized carbons (Fsp3) is 0.188. The predicted molar refractivity (Wildman–Crippen MR) is 79.3 cm³/mol. The van der Waals surface area contributed by atoms with Gasteiger partial charge in [-0.1, -0.05) is 13.0 Å². The van der Waals surface area contributed by atoms with Gasteiger partial charge < -0.3 is 11.1 Å². The van der Waals surface area contributed by atoms with Gasteiger partial charge in [-0.3, -0.25) is 4.79 Å². The van der Waals surface area contributed by atoms with Gasteiger partial charge >= 0.3 is 0 Å². The van der Waals surface area contributed by atoms with Crippen LogP contribution >= 0.6 is 0 Å². The molecule has 0 fully saturated rings. The number of hydrogen-bond donors (Lipinski definition) is 2. The zero-order valence-electron chi connectivity index (χ0n) is 11.8. The number of nitrogens with one attached hydrogen (secondary N) is 1. The number of aryl methyl sites for hydroxylation is 2. The molecule has 0 aromatic heterocycles. The van der Waals surface area contributed by atoms with Crippen LogP contribution in [0.5, 0.6) is 0 Å². The first-order chi connectivity index (χ1) is 9.92. The number of benzene rings is 2. The Labute approximate surface area is 121 Å². The van der Waals surface area contributed by atoms with E-state index in [1.165, 1.54) is 13.0 Å². The van der Waals surface area contributed by atoms with Crippen molar-refractivity contribution >= 4 is 17.3 Å². The zero-order valence-corrected chi connectivity index (χ0v) is 11.8. The second-order valence-corrected chi connectivity index (χ2v) is 4.80. The highest BCUT2D eigenvalue weighted by Crippen LogP contribution is 2.20. The van der Waals surface area contributed by atoms with E-state index in [4.69, 9.17) is 5.73 Å². The molecular weight excluding hydrogens is 274 g/mol. The number of rotatable bonds is 3. The Bertz CT molecular complexity index is 699. The standard InChI is InChI=1S/C16H16F2N2O/c1-3-10-4-5-11(7-15(10)19)20-16(21)12-6-9(2)13(17)8-14(12)18/h4-8H,3,19H2,1-2H3,(H,20,21). The Morgan fingerprint density at radius 1 is 1.19 bits per heavy atom. The molecule has 0 atom stereocenters. The van der Waals surface area contributed by atoms with Gasteiger partial charge in [0.2, 0.25) is 0 Å². The molecule has 2 aromatic carbocycles. The molecule has 2 aromatic rings. The normalized spacial score (nSPS) is 10.5. The molecule has 3 N–H and O–H groups in total. The monoisotopic (exact) mass is 290 g/mol. The van der Waals surface area contributed by atoms with Crippen molar-refractivity contribution < 1.29 is 13.6 Å². The van der Waals surface area contributed by atoms with Crippen LogP contribution in [0.15, 0.2) is 30.3 Å². The fourth-order valence-electron chi connectivity index (χ4n) is 2.02. The van der Waals surface area contributed by atoms with E-state index in [2.05, 4.69) is 5.32 Å². The smallest absolute Gasteiger partial charge is 0.258 e. The molecule has 0 aliphatic heterocycles. The van der Waals surface area contributed by atoms with Gasteiger partial charge in [-0.15, -0.1) is 0 Å². The number of halogens is 2. The van der Waals surface area contributed by atoms with Crippen molar-refractivity contribution in [3.63, 3.8) is 0 Å². The maximum atomic E-state index is 13.7. The molecule has 5 heteroatoms. The number of amides is 1. The topological polar surface area (TPSA) is 55.1 Å². The molecule has 110 valence electrons. The van der Waals surface area contributed by atoms with Gasteiger partial charge in [0.15, 0.2) is 0 Å². The van der Waals surface area contributed by atoms with Crippen LogP contribution in [0.3, 0.4) is 0 Å². The van der Waals surface area contributed by atoms with Gasteiger partial charge in [-0.2, -0.15) is 0 Å². The molecule has 0 unspecified atom stereocenters. The number of carbonyl (C=O) groups is 1. The second-order valence-electron chi connectivity index (χ2n) is 4.80. The highest BCUT2D eigenvalue weighted by molar-refractivity contribution is 6.04. The predicted octanol–water partition coefficient (Wildman–Crippen LogP) is 3.67. The molecule has 0 spiro atoms. The first kappa shape index (κ1) is 15.0. The Morgan fingerprint density at radius 2 is 1.90 bits per heavy atom. The summed E-state index contributed by atoms with van der Waals surface area (Å²) in [6.45, 7) is 3.44. The molecule has 0 saturated carbocycles. The number of hydrogen-bond acceptors (Lipinski definition) is 2. The zero-order chi connectivity index (χ0) is 15.6. The van der Waals surface area contributed by atoms with Crippen LogP contribution in [0.2, 0.25) is 0 Å². The maximum Gasteiger partial charge on any atom is 0.258 e. The minimum atomic E-state index is -0.895. The number of carbonyl (C=O) groups excluding carboxylic acids is 1. The van der Waals surface area contributed by atoms with E-state index in [-0.39, 0.29) is 11.1 Å². The Balaban J connectivity index is 2.26. The van der Waals surface area contributed by atoms with E-state index in [1.807, 2.05) is 6.92 Å². The van der Waals surface area contributed by atoms with Crippen LogP contribution in [-0.2, 0) is 6.42 Å². The van der Waals surface area contributed by atoms with Gasteiger partial charge in [-0.05, 0) is 42.7 Å². The molecular formula is C16H16F2N2O. The molecule has 0 aliphatic rings.